The number of ether oxygens (including phenoxy) is 1. The molecule has 5 heteroatoms. The molecule has 23 heavy (non-hydrogen) atoms. The normalized spacial score (nSPS) is 13.6. The van der Waals surface area contributed by atoms with Gasteiger partial charge in [0.1, 0.15) is 12.4 Å². The van der Waals surface area contributed by atoms with E-state index in [0.717, 1.165) is 29.5 Å². The Morgan fingerprint density at radius 1 is 1.26 bits per heavy atom. The zero-order chi connectivity index (χ0) is 15.9. The van der Waals surface area contributed by atoms with Crippen LogP contribution in [0.4, 0.5) is 5.69 Å². The Balaban J connectivity index is 1.47. The van der Waals surface area contributed by atoms with Crippen LogP contribution >= 0.6 is 0 Å². The highest BCUT2D eigenvalue weighted by atomic mass is 16.5. The maximum atomic E-state index is 11.9. The third-order valence-corrected chi connectivity index (χ3v) is 3.66. The minimum absolute atomic E-state index is 0.0324. The summed E-state index contributed by atoms with van der Waals surface area (Å²) in [4.78, 5) is 15.9. The summed E-state index contributed by atoms with van der Waals surface area (Å²) in [6.45, 7) is 1.73. The van der Waals surface area contributed by atoms with Gasteiger partial charge in [0.2, 0.25) is 5.91 Å². The average Bonchev–Trinajstić information content (AvgIpc) is 3.39. The van der Waals surface area contributed by atoms with Gasteiger partial charge in [0.15, 0.2) is 0 Å². The van der Waals surface area contributed by atoms with Gasteiger partial charge in [-0.25, -0.2) is 0 Å². The zero-order valence-electron chi connectivity index (χ0n) is 13.0. The third kappa shape index (κ3) is 5.38. The van der Waals surface area contributed by atoms with Crippen LogP contribution in [0, 0.1) is 5.92 Å². The first-order valence-corrected chi connectivity index (χ1v) is 7.92. The fourth-order valence-corrected chi connectivity index (χ4v) is 2.23. The van der Waals surface area contributed by atoms with Crippen LogP contribution in [0.5, 0.6) is 5.75 Å². The van der Waals surface area contributed by atoms with Crippen molar-refractivity contribution in [3.05, 3.63) is 54.4 Å². The number of nitrogens with one attached hydrogen (secondary N) is 2. The Kier molecular flexibility index (Phi) is 5.21. The Hall–Kier alpha value is -2.40. The van der Waals surface area contributed by atoms with Gasteiger partial charge in [-0.05, 0) is 43.5 Å². The first kappa shape index (κ1) is 15.5. The molecule has 1 fully saturated rings. The molecule has 0 aliphatic heterocycles. The van der Waals surface area contributed by atoms with Crippen LogP contribution in [0.1, 0.15) is 18.4 Å². The van der Waals surface area contributed by atoms with Crippen molar-refractivity contribution in [3.8, 4) is 5.75 Å². The number of nitrogens with zero attached hydrogens (tertiary/aromatic N) is 1. The van der Waals surface area contributed by atoms with E-state index in [1.807, 2.05) is 36.4 Å². The predicted molar refractivity (Wildman–Crippen MR) is 89.2 cm³/mol. The Morgan fingerprint density at radius 3 is 2.96 bits per heavy atom. The molecule has 1 aliphatic rings. The molecule has 1 aromatic carbocycles. The van der Waals surface area contributed by atoms with Gasteiger partial charge in [0.25, 0.3) is 0 Å². The molecule has 1 aromatic heterocycles. The lowest BCUT2D eigenvalue weighted by molar-refractivity contribution is -0.115. The highest BCUT2D eigenvalue weighted by Gasteiger charge is 2.20. The molecule has 0 saturated heterocycles. The van der Waals surface area contributed by atoms with Gasteiger partial charge < -0.3 is 15.4 Å². The van der Waals surface area contributed by atoms with Crippen LogP contribution in [-0.2, 0) is 11.4 Å². The van der Waals surface area contributed by atoms with Gasteiger partial charge in [-0.1, -0.05) is 12.1 Å². The first-order valence-electron chi connectivity index (χ1n) is 7.92. The van der Waals surface area contributed by atoms with E-state index in [1.165, 1.54) is 12.8 Å². The third-order valence-electron chi connectivity index (χ3n) is 3.66. The number of carbonyl (C=O) groups is 1. The highest BCUT2D eigenvalue weighted by molar-refractivity contribution is 5.92. The topological polar surface area (TPSA) is 63.2 Å². The Bertz CT molecular complexity index is 642. The second-order valence-corrected chi connectivity index (χ2v) is 5.80. The maximum absolute atomic E-state index is 11.9. The van der Waals surface area contributed by atoms with Crippen molar-refractivity contribution in [1.82, 2.24) is 10.3 Å². The van der Waals surface area contributed by atoms with E-state index in [9.17, 15) is 4.79 Å². The number of carbonyl (C=O) groups excluding carboxylic acids is 1. The molecule has 0 atom stereocenters. The molecule has 1 heterocycles. The van der Waals surface area contributed by atoms with Crippen molar-refractivity contribution >= 4 is 11.6 Å². The van der Waals surface area contributed by atoms with Crippen molar-refractivity contribution in [2.75, 3.05) is 18.4 Å². The standard InChI is InChI=1S/C18H21N3O2/c22-18(12-20-10-14-6-7-14)21-16-4-1-5-17(9-16)23-13-15-3-2-8-19-11-15/h1-5,8-9,11,14,20H,6-7,10,12-13H2,(H,21,22). The van der Waals surface area contributed by atoms with Crippen molar-refractivity contribution in [1.29, 1.82) is 0 Å². The van der Waals surface area contributed by atoms with E-state index in [0.29, 0.717) is 13.2 Å². The number of rotatable bonds is 8. The monoisotopic (exact) mass is 311 g/mol. The minimum Gasteiger partial charge on any atom is -0.489 e. The van der Waals surface area contributed by atoms with E-state index in [4.69, 9.17) is 4.74 Å². The molecular formula is C18H21N3O2. The number of hydrogen-bond donors (Lipinski definition) is 2. The molecule has 0 bridgehead atoms. The summed E-state index contributed by atoms with van der Waals surface area (Å²) in [6.07, 6.45) is 6.07. The van der Waals surface area contributed by atoms with Gasteiger partial charge in [-0.15, -0.1) is 0 Å². The van der Waals surface area contributed by atoms with Crippen molar-refractivity contribution in [3.63, 3.8) is 0 Å². The SMILES string of the molecule is O=C(CNCC1CC1)Nc1cccc(OCc2cccnc2)c1. The number of anilines is 1. The smallest absolute Gasteiger partial charge is 0.238 e. The lowest BCUT2D eigenvalue weighted by atomic mass is 10.3. The summed E-state index contributed by atoms with van der Waals surface area (Å²) < 4.78 is 5.73. The molecule has 1 amide bonds. The number of amides is 1. The van der Waals surface area contributed by atoms with Gasteiger partial charge in [0.05, 0.1) is 6.54 Å². The van der Waals surface area contributed by atoms with Crippen LogP contribution in [-0.4, -0.2) is 24.0 Å². The maximum Gasteiger partial charge on any atom is 0.238 e. The lowest BCUT2D eigenvalue weighted by Crippen LogP contribution is -2.29. The van der Waals surface area contributed by atoms with E-state index < -0.39 is 0 Å². The molecule has 3 rings (SSSR count). The number of benzene rings is 1. The fraction of sp³-hybridized carbons (Fsp3) is 0.333. The molecule has 0 radical (unpaired) electrons. The molecule has 2 N–H and O–H groups in total. The molecule has 2 aromatic rings. The van der Waals surface area contributed by atoms with E-state index in [-0.39, 0.29) is 5.91 Å². The summed E-state index contributed by atoms with van der Waals surface area (Å²) in [5, 5.41) is 6.06. The Labute approximate surface area is 136 Å². The largest absolute Gasteiger partial charge is 0.489 e. The van der Waals surface area contributed by atoms with E-state index >= 15 is 0 Å². The van der Waals surface area contributed by atoms with Crippen LogP contribution < -0.4 is 15.4 Å². The van der Waals surface area contributed by atoms with Gasteiger partial charge >= 0.3 is 0 Å². The number of hydrogen-bond acceptors (Lipinski definition) is 4. The van der Waals surface area contributed by atoms with Crippen molar-refractivity contribution in [2.24, 2.45) is 5.92 Å². The minimum atomic E-state index is -0.0324. The van der Waals surface area contributed by atoms with Gasteiger partial charge in [-0.3, -0.25) is 9.78 Å². The number of aromatic nitrogens is 1. The van der Waals surface area contributed by atoms with Gasteiger partial charge in [0, 0.05) is 29.7 Å². The lowest BCUT2D eigenvalue weighted by Gasteiger charge is -2.09. The molecule has 5 nitrogen and oxygen atoms in total. The molecule has 1 aliphatic carbocycles. The first-order chi connectivity index (χ1) is 11.3. The van der Waals surface area contributed by atoms with Crippen molar-refractivity contribution < 1.29 is 9.53 Å². The van der Waals surface area contributed by atoms with Crippen LogP contribution in [0.2, 0.25) is 0 Å². The summed E-state index contributed by atoms with van der Waals surface area (Å²) in [5.74, 6) is 1.46. The van der Waals surface area contributed by atoms with E-state index in [2.05, 4.69) is 15.6 Å². The summed E-state index contributed by atoms with van der Waals surface area (Å²) in [5.41, 5.74) is 1.75. The Morgan fingerprint density at radius 2 is 2.17 bits per heavy atom. The van der Waals surface area contributed by atoms with Crippen LogP contribution in [0.25, 0.3) is 0 Å². The number of pyridine rings is 1. The molecular weight excluding hydrogens is 290 g/mol. The quantitative estimate of drug-likeness (QED) is 0.786. The fourth-order valence-electron chi connectivity index (χ4n) is 2.23. The van der Waals surface area contributed by atoms with Crippen LogP contribution in [0.15, 0.2) is 48.8 Å². The summed E-state index contributed by atoms with van der Waals surface area (Å²) in [7, 11) is 0. The summed E-state index contributed by atoms with van der Waals surface area (Å²) >= 11 is 0. The van der Waals surface area contributed by atoms with E-state index in [1.54, 1.807) is 12.4 Å². The van der Waals surface area contributed by atoms with Crippen LogP contribution in [0.3, 0.4) is 0 Å². The molecule has 120 valence electrons. The zero-order valence-corrected chi connectivity index (χ0v) is 13.0. The second kappa shape index (κ2) is 7.74. The molecule has 0 unspecified atom stereocenters. The summed E-state index contributed by atoms with van der Waals surface area (Å²) in [6, 6.07) is 11.3. The van der Waals surface area contributed by atoms with Crippen molar-refractivity contribution in [2.45, 2.75) is 19.4 Å². The average molecular weight is 311 g/mol. The molecule has 1 saturated carbocycles. The highest BCUT2D eigenvalue weighted by Crippen LogP contribution is 2.27. The predicted octanol–water partition coefficient (Wildman–Crippen LogP) is 2.60. The second-order valence-electron chi connectivity index (χ2n) is 5.80. The molecule has 0 spiro atoms. The van der Waals surface area contributed by atoms with Gasteiger partial charge in [-0.2, -0.15) is 0 Å².